The van der Waals surface area contributed by atoms with Gasteiger partial charge in [-0.05, 0) is 52.3 Å². The van der Waals surface area contributed by atoms with Gasteiger partial charge in [0.25, 0.3) is 0 Å². The molecule has 0 saturated carbocycles. The highest BCUT2D eigenvalue weighted by molar-refractivity contribution is 9.10. The summed E-state index contributed by atoms with van der Waals surface area (Å²) in [5.41, 5.74) is 9.42. The number of aromatic nitrogens is 1. The van der Waals surface area contributed by atoms with Gasteiger partial charge in [-0.15, -0.1) is 0 Å². The Labute approximate surface area is 136 Å². The Morgan fingerprint density at radius 2 is 2.00 bits per heavy atom. The van der Waals surface area contributed by atoms with E-state index in [4.69, 9.17) is 18.0 Å². The summed E-state index contributed by atoms with van der Waals surface area (Å²) in [4.78, 5) is 4.67. The molecule has 2 aromatic carbocycles. The lowest BCUT2D eigenvalue weighted by Gasteiger charge is -2.13. The quantitative estimate of drug-likeness (QED) is 0.683. The molecular formula is C16H12BrN3S. The number of hydrogen-bond donors (Lipinski definition) is 2. The van der Waals surface area contributed by atoms with E-state index < -0.39 is 0 Å². The highest BCUT2D eigenvalue weighted by Gasteiger charge is 2.09. The van der Waals surface area contributed by atoms with E-state index >= 15 is 0 Å². The van der Waals surface area contributed by atoms with Gasteiger partial charge in [0.1, 0.15) is 4.99 Å². The molecule has 0 spiro atoms. The minimum Gasteiger partial charge on any atom is -0.389 e. The lowest BCUT2D eigenvalue weighted by molar-refractivity contribution is 1.41. The number of halogens is 1. The largest absolute Gasteiger partial charge is 0.389 e. The van der Waals surface area contributed by atoms with Gasteiger partial charge in [-0.25, -0.2) is 0 Å². The Balaban J connectivity index is 2.02. The molecule has 3 rings (SSSR count). The van der Waals surface area contributed by atoms with Crippen molar-refractivity contribution in [1.82, 2.24) is 4.98 Å². The summed E-state index contributed by atoms with van der Waals surface area (Å²) in [5, 5.41) is 4.44. The van der Waals surface area contributed by atoms with E-state index in [9.17, 15) is 0 Å². The van der Waals surface area contributed by atoms with Crippen LogP contribution in [0.3, 0.4) is 0 Å². The van der Waals surface area contributed by atoms with Gasteiger partial charge in [0.2, 0.25) is 0 Å². The van der Waals surface area contributed by atoms with Gasteiger partial charge < -0.3 is 11.1 Å². The lowest BCUT2D eigenvalue weighted by Crippen LogP contribution is -2.12. The Kier molecular flexibility index (Phi) is 3.86. The minimum atomic E-state index is 0.354. The van der Waals surface area contributed by atoms with Crippen LogP contribution in [0.4, 0.5) is 11.4 Å². The van der Waals surface area contributed by atoms with E-state index in [-0.39, 0.29) is 0 Å². The number of rotatable bonds is 3. The first-order valence-corrected chi connectivity index (χ1v) is 7.55. The Hall–Kier alpha value is -1.98. The van der Waals surface area contributed by atoms with E-state index in [1.54, 1.807) is 6.20 Å². The van der Waals surface area contributed by atoms with E-state index in [1.807, 2.05) is 48.5 Å². The van der Waals surface area contributed by atoms with Crippen molar-refractivity contribution in [2.75, 3.05) is 5.32 Å². The summed E-state index contributed by atoms with van der Waals surface area (Å²) in [6.07, 6.45) is 1.79. The molecule has 21 heavy (non-hydrogen) atoms. The summed E-state index contributed by atoms with van der Waals surface area (Å²) in [6, 6.07) is 15.8. The first-order chi connectivity index (χ1) is 10.1. The SMILES string of the molecule is NC(=S)c1c(Br)cccc1Nc1ccc2ncccc2c1. The highest BCUT2D eigenvalue weighted by Crippen LogP contribution is 2.28. The van der Waals surface area contributed by atoms with Crippen molar-refractivity contribution in [3.05, 3.63) is 64.8 Å². The van der Waals surface area contributed by atoms with Crippen LogP contribution in [0.25, 0.3) is 10.9 Å². The first kappa shape index (κ1) is 14.0. The molecule has 104 valence electrons. The standard InChI is InChI=1S/C16H12BrN3S/c17-12-4-1-5-14(15(12)16(18)21)20-11-6-7-13-10(9-11)3-2-8-19-13/h1-9,20H,(H2,18,21). The van der Waals surface area contributed by atoms with Gasteiger partial charge in [0.15, 0.2) is 0 Å². The maximum atomic E-state index is 5.81. The number of fused-ring (bicyclic) bond motifs is 1. The monoisotopic (exact) mass is 357 g/mol. The van der Waals surface area contributed by atoms with Crippen molar-refractivity contribution in [2.45, 2.75) is 0 Å². The van der Waals surface area contributed by atoms with E-state index in [2.05, 4.69) is 26.2 Å². The number of thiocarbonyl (C=S) groups is 1. The van der Waals surface area contributed by atoms with Crippen LogP contribution in [0.1, 0.15) is 5.56 Å². The molecule has 3 aromatic rings. The molecular weight excluding hydrogens is 346 g/mol. The van der Waals surface area contributed by atoms with Gasteiger partial charge in [-0.1, -0.05) is 24.4 Å². The van der Waals surface area contributed by atoms with Crippen LogP contribution in [0.5, 0.6) is 0 Å². The molecule has 0 aliphatic heterocycles. The molecule has 0 atom stereocenters. The van der Waals surface area contributed by atoms with Crippen LogP contribution in [-0.2, 0) is 0 Å². The third-order valence-corrected chi connectivity index (χ3v) is 4.01. The first-order valence-electron chi connectivity index (χ1n) is 6.35. The van der Waals surface area contributed by atoms with E-state index in [1.165, 1.54) is 0 Å². The predicted octanol–water partition coefficient (Wildman–Crippen LogP) is 4.38. The average Bonchev–Trinajstić information content (AvgIpc) is 2.47. The number of benzene rings is 2. The Morgan fingerprint density at radius 3 is 2.81 bits per heavy atom. The topological polar surface area (TPSA) is 50.9 Å². The zero-order valence-corrected chi connectivity index (χ0v) is 13.4. The predicted molar refractivity (Wildman–Crippen MR) is 95.1 cm³/mol. The zero-order chi connectivity index (χ0) is 14.8. The third kappa shape index (κ3) is 2.89. The maximum Gasteiger partial charge on any atom is 0.107 e. The van der Waals surface area contributed by atoms with Crippen LogP contribution in [0.2, 0.25) is 0 Å². The summed E-state index contributed by atoms with van der Waals surface area (Å²) in [6.45, 7) is 0. The molecule has 0 fully saturated rings. The van der Waals surface area contributed by atoms with Crippen molar-refractivity contribution in [2.24, 2.45) is 5.73 Å². The number of hydrogen-bond acceptors (Lipinski definition) is 3. The van der Waals surface area contributed by atoms with Gasteiger partial charge in [0.05, 0.1) is 5.52 Å². The van der Waals surface area contributed by atoms with Crippen LogP contribution >= 0.6 is 28.1 Å². The second kappa shape index (κ2) is 5.79. The number of anilines is 2. The lowest BCUT2D eigenvalue weighted by atomic mass is 10.1. The smallest absolute Gasteiger partial charge is 0.107 e. The molecule has 3 nitrogen and oxygen atoms in total. The molecule has 5 heteroatoms. The molecule has 0 saturated heterocycles. The van der Waals surface area contributed by atoms with E-state index in [0.29, 0.717) is 4.99 Å². The zero-order valence-electron chi connectivity index (χ0n) is 11.0. The number of nitrogens with two attached hydrogens (primary N) is 1. The molecule has 0 unspecified atom stereocenters. The third-order valence-electron chi connectivity index (χ3n) is 3.14. The van der Waals surface area contributed by atoms with E-state index in [0.717, 1.165) is 32.3 Å². The van der Waals surface area contributed by atoms with Crippen molar-refractivity contribution >= 4 is 55.4 Å². The fourth-order valence-corrected chi connectivity index (χ4v) is 3.12. The van der Waals surface area contributed by atoms with Crippen molar-refractivity contribution < 1.29 is 0 Å². The second-order valence-corrected chi connectivity index (χ2v) is 5.86. The van der Waals surface area contributed by atoms with Gasteiger partial charge in [0, 0.05) is 33.0 Å². The molecule has 1 heterocycles. The Morgan fingerprint density at radius 1 is 1.14 bits per heavy atom. The fourth-order valence-electron chi connectivity index (χ4n) is 2.19. The Bertz CT molecular complexity index is 833. The van der Waals surface area contributed by atoms with Crippen LogP contribution < -0.4 is 11.1 Å². The number of nitrogens with zero attached hydrogens (tertiary/aromatic N) is 1. The number of pyridine rings is 1. The summed E-state index contributed by atoms with van der Waals surface area (Å²) < 4.78 is 0.877. The summed E-state index contributed by atoms with van der Waals surface area (Å²) >= 11 is 8.61. The van der Waals surface area contributed by atoms with Crippen molar-refractivity contribution in [3.8, 4) is 0 Å². The van der Waals surface area contributed by atoms with Crippen LogP contribution in [0.15, 0.2) is 59.2 Å². The van der Waals surface area contributed by atoms with Gasteiger partial charge in [-0.3, -0.25) is 4.98 Å². The molecule has 0 aliphatic carbocycles. The molecule has 0 radical (unpaired) electrons. The van der Waals surface area contributed by atoms with Gasteiger partial charge >= 0.3 is 0 Å². The molecule has 1 aromatic heterocycles. The van der Waals surface area contributed by atoms with Crippen molar-refractivity contribution in [1.29, 1.82) is 0 Å². The summed E-state index contributed by atoms with van der Waals surface area (Å²) in [5.74, 6) is 0. The van der Waals surface area contributed by atoms with Crippen molar-refractivity contribution in [3.63, 3.8) is 0 Å². The molecule has 0 aliphatic rings. The normalized spacial score (nSPS) is 10.5. The molecule has 3 N–H and O–H groups in total. The van der Waals surface area contributed by atoms with Crippen LogP contribution in [0, 0.1) is 0 Å². The maximum absolute atomic E-state index is 5.81. The second-order valence-electron chi connectivity index (χ2n) is 4.56. The highest BCUT2D eigenvalue weighted by atomic mass is 79.9. The molecule has 0 amide bonds. The van der Waals surface area contributed by atoms with Crippen LogP contribution in [-0.4, -0.2) is 9.97 Å². The van der Waals surface area contributed by atoms with Gasteiger partial charge in [-0.2, -0.15) is 0 Å². The fraction of sp³-hybridized carbons (Fsp3) is 0. The average molecular weight is 358 g/mol. The minimum absolute atomic E-state index is 0.354. The summed E-state index contributed by atoms with van der Waals surface area (Å²) in [7, 11) is 0. The molecule has 0 bridgehead atoms. The number of nitrogens with one attached hydrogen (secondary N) is 1.